The Balaban J connectivity index is 1.51. The Labute approximate surface area is 143 Å². The molecule has 0 aromatic rings. The van der Waals surface area contributed by atoms with Gasteiger partial charge in [0, 0.05) is 9.86 Å². The van der Waals surface area contributed by atoms with Crippen molar-refractivity contribution in [2.45, 2.75) is 87.9 Å². The summed E-state index contributed by atoms with van der Waals surface area (Å²) in [6.07, 6.45) is 12.2. The van der Waals surface area contributed by atoms with Crippen molar-refractivity contribution >= 4 is 21.8 Å². The standard InChI is InChI=1S/C19H30BrNO/c1-13-3-5-17(2,6-4-13)21-16(22)18-8-14-7-15(9-18)11-19(20,10-14)12-18/h13-15H,3-12H2,1-2H3,(H,21,22). The molecule has 5 rings (SSSR count). The van der Waals surface area contributed by atoms with E-state index < -0.39 is 0 Å². The monoisotopic (exact) mass is 367 g/mol. The maximum absolute atomic E-state index is 13.3. The Kier molecular flexibility index (Phi) is 3.50. The van der Waals surface area contributed by atoms with E-state index in [1.807, 2.05) is 0 Å². The lowest BCUT2D eigenvalue weighted by Crippen LogP contribution is -2.61. The van der Waals surface area contributed by atoms with Crippen LogP contribution in [0.1, 0.15) is 78.1 Å². The van der Waals surface area contributed by atoms with Crippen LogP contribution in [-0.2, 0) is 4.79 Å². The molecule has 2 atom stereocenters. The Hall–Kier alpha value is -0.0500. The van der Waals surface area contributed by atoms with Gasteiger partial charge in [0.15, 0.2) is 0 Å². The molecule has 22 heavy (non-hydrogen) atoms. The summed E-state index contributed by atoms with van der Waals surface area (Å²) in [7, 11) is 0. The van der Waals surface area contributed by atoms with Crippen molar-refractivity contribution in [3.05, 3.63) is 0 Å². The zero-order valence-electron chi connectivity index (χ0n) is 14.1. The fourth-order valence-electron chi connectivity index (χ4n) is 6.35. The summed E-state index contributed by atoms with van der Waals surface area (Å²) < 4.78 is 0.274. The smallest absolute Gasteiger partial charge is 0.226 e. The van der Waals surface area contributed by atoms with Gasteiger partial charge in [-0.2, -0.15) is 0 Å². The largest absolute Gasteiger partial charge is 0.350 e. The maximum Gasteiger partial charge on any atom is 0.226 e. The Bertz CT molecular complexity index is 466. The van der Waals surface area contributed by atoms with Crippen molar-refractivity contribution < 1.29 is 4.79 Å². The zero-order valence-corrected chi connectivity index (χ0v) is 15.7. The summed E-state index contributed by atoms with van der Waals surface area (Å²) in [4.78, 5) is 13.3. The Morgan fingerprint density at radius 1 is 1.09 bits per heavy atom. The van der Waals surface area contributed by atoms with E-state index in [2.05, 4.69) is 35.1 Å². The van der Waals surface area contributed by atoms with Crippen LogP contribution in [0.5, 0.6) is 0 Å². The van der Waals surface area contributed by atoms with Crippen LogP contribution in [0, 0.1) is 23.2 Å². The van der Waals surface area contributed by atoms with Gasteiger partial charge in [0.2, 0.25) is 5.91 Å². The van der Waals surface area contributed by atoms with Crippen LogP contribution in [0.3, 0.4) is 0 Å². The van der Waals surface area contributed by atoms with Gasteiger partial charge < -0.3 is 5.32 Å². The predicted molar refractivity (Wildman–Crippen MR) is 93.0 cm³/mol. The minimum atomic E-state index is -0.0559. The second kappa shape index (κ2) is 4.97. The molecule has 0 spiro atoms. The van der Waals surface area contributed by atoms with Gasteiger partial charge in [-0.25, -0.2) is 0 Å². The van der Waals surface area contributed by atoms with Crippen molar-refractivity contribution in [2.24, 2.45) is 23.2 Å². The molecule has 2 unspecified atom stereocenters. The van der Waals surface area contributed by atoms with Crippen molar-refractivity contribution in [1.82, 2.24) is 5.32 Å². The van der Waals surface area contributed by atoms with Crippen LogP contribution in [-0.4, -0.2) is 15.8 Å². The van der Waals surface area contributed by atoms with Crippen LogP contribution in [0.4, 0.5) is 0 Å². The summed E-state index contributed by atoms with van der Waals surface area (Å²) in [6, 6.07) is 0. The molecule has 0 aliphatic heterocycles. The molecule has 4 bridgehead atoms. The van der Waals surface area contributed by atoms with Crippen LogP contribution in [0.15, 0.2) is 0 Å². The Morgan fingerprint density at radius 3 is 2.23 bits per heavy atom. The molecule has 0 radical (unpaired) electrons. The van der Waals surface area contributed by atoms with Crippen molar-refractivity contribution in [3.8, 4) is 0 Å². The minimum Gasteiger partial charge on any atom is -0.350 e. The lowest BCUT2D eigenvalue weighted by atomic mass is 9.49. The second-order valence-corrected chi connectivity index (χ2v) is 11.3. The fraction of sp³-hybridized carbons (Fsp3) is 0.947. The summed E-state index contributed by atoms with van der Waals surface area (Å²) in [5, 5.41) is 3.53. The first-order chi connectivity index (χ1) is 10.3. The van der Waals surface area contributed by atoms with Crippen LogP contribution >= 0.6 is 15.9 Å². The molecule has 0 aromatic carbocycles. The van der Waals surface area contributed by atoms with Crippen molar-refractivity contribution in [2.75, 3.05) is 0 Å². The summed E-state index contributed by atoms with van der Waals surface area (Å²) in [5.41, 5.74) is -0.00788. The molecule has 5 aliphatic rings. The molecule has 124 valence electrons. The molecule has 0 heterocycles. The highest BCUT2D eigenvalue weighted by molar-refractivity contribution is 9.10. The molecule has 5 saturated carbocycles. The van der Waals surface area contributed by atoms with E-state index in [4.69, 9.17) is 0 Å². The number of rotatable bonds is 2. The number of carbonyl (C=O) groups excluding carboxylic acids is 1. The normalized spacial score (nSPS) is 53.5. The van der Waals surface area contributed by atoms with Gasteiger partial charge in [-0.3, -0.25) is 4.79 Å². The average Bonchev–Trinajstić information content (AvgIpc) is 2.39. The van der Waals surface area contributed by atoms with Gasteiger partial charge in [0.05, 0.1) is 5.41 Å². The second-order valence-electron chi connectivity index (χ2n) is 9.59. The molecule has 0 aromatic heterocycles. The van der Waals surface area contributed by atoms with Crippen LogP contribution < -0.4 is 5.32 Å². The maximum atomic E-state index is 13.3. The highest BCUT2D eigenvalue weighted by atomic mass is 79.9. The third kappa shape index (κ3) is 2.56. The summed E-state index contributed by atoms with van der Waals surface area (Å²) in [5.74, 6) is 2.79. The lowest BCUT2D eigenvalue weighted by Gasteiger charge is -2.59. The average molecular weight is 368 g/mol. The highest BCUT2D eigenvalue weighted by Gasteiger charge is 2.60. The third-order valence-electron chi connectivity index (χ3n) is 7.26. The van der Waals surface area contributed by atoms with E-state index in [0.29, 0.717) is 5.91 Å². The minimum absolute atomic E-state index is 0.0480. The van der Waals surface area contributed by atoms with E-state index in [0.717, 1.165) is 49.9 Å². The first-order valence-electron chi connectivity index (χ1n) is 9.31. The first-order valence-corrected chi connectivity index (χ1v) is 10.1. The molecule has 5 fully saturated rings. The quantitative estimate of drug-likeness (QED) is 0.697. The topological polar surface area (TPSA) is 29.1 Å². The lowest BCUT2D eigenvalue weighted by molar-refractivity contribution is -0.146. The molecule has 3 heteroatoms. The van der Waals surface area contributed by atoms with Crippen molar-refractivity contribution in [1.29, 1.82) is 0 Å². The van der Waals surface area contributed by atoms with Gasteiger partial charge in [0.25, 0.3) is 0 Å². The molecular weight excluding hydrogens is 338 g/mol. The van der Waals surface area contributed by atoms with Gasteiger partial charge in [-0.1, -0.05) is 22.9 Å². The first kappa shape index (κ1) is 15.5. The number of hydrogen-bond acceptors (Lipinski definition) is 1. The molecule has 5 aliphatic carbocycles. The number of carbonyl (C=O) groups is 1. The number of hydrogen-bond donors (Lipinski definition) is 1. The number of alkyl halides is 1. The molecule has 2 nitrogen and oxygen atoms in total. The van der Waals surface area contributed by atoms with Gasteiger partial charge in [0.1, 0.15) is 0 Å². The van der Waals surface area contributed by atoms with Crippen LogP contribution in [0.25, 0.3) is 0 Å². The number of amides is 1. The molecule has 0 saturated heterocycles. The van der Waals surface area contributed by atoms with Gasteiger partial charge >= 0.3 is 0 Å². The van der Waals surface area contributed by atoms with Crippen LogP contribution in [0.2, 0.25) is 0 Å². The van der Waals surface area contributed by atoms with Gasteiger partial charge in [-0.15, -0.1) is 0 Å². The number of halogens is 1. The fourth-order valence-corrected chi connectivity index (χ4v) is 7.80. The van der Waals surface area contributed by atoms with E-state index >= 15 is 0 Å². The molecular formula is C19H30BrNO. The van der Waals surface area contributed by atoms with E-state index in [1.54, 1.807) is 0 Å². The number of nitrogens with one attached hydrogen (secondary N) is 1. The highest BCUT2D eigenvalue weighted by Crippen LogP contribution is 2.64. The summed E-state index contributed by atoms with van der Waals surface area (Å²) >= 11 is 4.03. The SMILES string of the molecule is CC1CCC(C)(NC(=O)C23CC4CC(CC(Br)(C4)C2)C3)CC1. The van der Waals surface area contributed by atoms with Crippen molar-refractivity contribution in [3.63, 3.8) is 0 Å². The molecule has 1 N–H and O–H groups in total. The van der Waals surface area contributed by atoms with E-state index in [9.17, 15) is 4.79 Å². The summed E-state index contributed by atoms with van der Waals surface area (Å²) in [6.45, 7) is 4.62. The third-order valence-corrected chi connectivity index (χ3v) is 8.19. The zero-order chi connectivity index (χ0) is 15.6. The predicted octanol–water partition coefficient (Wildman–Crippen LogP) is 4.81. The Morgan fingerprint density at radius 2 is 1.68 bits per heavy atom. The molecule has 1 amide bonds. The van der Waals surface area contributed by atoms with Gasteiger partial charge in [-0.05, 0) is 88.9 Å². The van der Waals surface area contributed by atoms with E-state index in [1.165, 1.54) is 32.1 Å². The van der Waals surface area contributed by atoms with E-state index in [-0.39, 0.29) is 15.3 Å².